The van der Waals surface area contributed by atoms with Crippen molar-refractivity contribution in [1.82, 2.24) is 24.6 Å². The Morgan fingerprint density at radius 3 is 2.63 bits per heavy atom. The highest BCUT2D eigenvalue weighted by Crippen LogP contribution is 2.45. The number of fused-ring (bicyclic) bond motifs is 1. The first-order valence-corrected chi connectivity index (χ1v) is 12.8. The maximum atomic E-state index is 12.3. The van der Waals surface area contributed by atoms with E-state index < -0.39 is 5.60 Å². The highest BCUT2D eigenvalue weighted by molar-refractivity contribution is 5.82. The molecule has 1 aromatic carbocycles. The Balaban J connectivity index is 1.24. The second-order valence-electron chi connectivity index (χ2n) is 11.5. The van der Waals surface area contributed by atoms with Crippen molar-refractivity contribution in [3.63, 3.8) is 0 Å². The molecule has 184 valence electrons. The number of amides is 1. The number of ether oxygens (including phenoxy) is 1. The summed E-state index contributed by atoms with van der Waals surface area (Å²) in [4.78, 5) is 24.0. The summed E-state index contributed by atoms with van der Waals surface area (Å²) in [6, 6.07) is 6.62. The van der Waals surface area contributed by atoms with Crippen LogP contribution in [-0.2, 0) is 4.74 Å². The van der Waals surface area contributed by atoms with Gasteiger partial charge in [-0.25, -0.2) is 9.78 Å². The fourth-order valence-electron chi connectivity index (χ4n) is 5.23. The Bertz CT molecular complexity index is 1260. The van der Waals surface area contributed by atoms with E-state index in [4.69, 9.17) is 25.5 Å². The number of hydrogen-bond acceptors (Lipinski definition) is 6. The van der Waals surface area contributed by atoms with Crippen LogP contribution in [0.1, 0.15) is 75.6 Å². The van der Waals surface area contributed by atoms with Crippen molar-refractivity contribution >= 4 is 17.1 Å². The van der Waals surface area contributed by atoms with Crippen LogP contribution in [0.3, 0.4) is 0 Å². The average Bonchev–Trinajstić information content (AvgIpc) is 3.50. The third kappa shape index (κ3) is 4.29. The van der Waals surface area contributed by atoms with Crippen molar-refractivity contribution in [2.45, 2.75) is 69.9 Å². The molecule has 3 fully saturated rings. The number of aromatic nitrogens is 4. The summed E-state index contributed by atoms with van der Waals surface area (Å²) in [5.41, 5.74) is 11.5. The van der Waals surface area contributed by atoms with Gasteiger partial charge < -0.3 is 15.4 Å². The molecular weight excluding hydrogens is 440 g/mol. The lowest BCUT2D eigenvalue weighted by atomic mass is 9.80. The quantitative estimate of drug-likeness (QED) is 0.580. The van der Waals surface area contributed by atoms with E-state index in [0.29, 0.717) is 31.0 Å². The molecule has 2 N–H and O–H groups in total. The Hall–Kier alpha value is -3.00. The highest BCUT2D eigenvalue weighted by atomic mass is 16.6. The molecule has 35 heavy (non-hydrogen) atoms. The highest BCUT2D eigenvalue weighted by Gasteiger charge is 2.37. The largest absolute Gasteiger partial charge is 0.444 e. The number of para-hydroxylation sites is 1. The number of nitrogens with two attached hydrogens (primary N) is 1. The predicted molar refractivity (Wildman–Crippen MR) is 134 cm³/mol. The molecule has 8 nitrogen and oxygen atoms in total. The van der Waals surface area contributed by atoms with Crippen molar-refractivity contribution < 1.29 is 9.53 Å². The molecular formula is C27H34N6O2. The molecule has 2 aromatic heterocycles. The second-order valence-corrected chi connectivity index (χ2v) is 11.5. The van der Waals surface area contributed by atoms with Crippen molar-refractivity contribution in [2.24, 2.45) is 11.7 Å². The number of likely N-dealkylation sites (tertiary alicyclic amines) is 1. The minimum atomic E-state index is -0.485. The first-order valence-electron chi connectivity index (χ1n) is 12.8. The zero-order valence-electron chi connectivity index (χ0n) is 20.8. The SMILES string of the molecule is CC(C)(C)OC(=O)N1CC(c2cccc3nc(-c4cn(C5CC(CN)C5)nc4C4CC4)cnc23)C1. The Labute approximate surface area is 205 Å². The minimum absolute atomic E-state index is 0.241. The van der Waals surface area contributed by atoms with Crippen LogP contribution in [0, 0.1) is 5.92 Å². The number of carbonyl (C=O) groups is 1. The summed E-state index contributed by atoms with van der Waals surface area (Å²) in [6.07, 6.45) is 8.42. The lowest BCUT2D eigenvalue weighted by Gasteiger charge is -2.40. The van der Waals surface area contributed by atoms with Gasteiger partial charge >= 0.3 is 6.09 Å². The molecule has 3 heterocycles. The van der Waals surface area contributed by atoms with E-state index in [1.165, 1.54) is 12.8 Å². The molecule has 1 saturated heterocycles. The van der Waals surface area contributed by atoms with E-state index in [9.17, 15) is 4.79 Å². The fraction of sp³-hybridized carbons (Fsp3) is 0.556. The van der Waals surface area contributed by atoms with E-state index in [2.05, 4.69) is 16.9 Å². The van der Waals surface area contributed by atoms with Crippen LogP contribution in [0.4, 0.5) is 4.79 Å². The lowest BCUT2D eigenvalue weighted by molar-refractivity contribution is 0.00828. The summed E-state index contributed by atoms with van der Waals surface area (Å²) >= 11 is 0. The van der Waals surface area contributed by atoms with Gasteiger partial charge in [0.25, 0.3) is 0 Å². The molecule has 0 spiro atoms. The van der Waals surface area contributed by atoms with E-state index in [0.717, 1.165) is 52.9 Å². The number of nitrogens with zero attached hydrogens (tertiary/aromatic N) is 5. The molecule has 0 bridgehead atoms. The summed E-state index contributed by atoms with van der Waals surface area (Å²) in [7, 11) is 0. The molecule has 0 radical (unpaired) electrons. The first-order chi connectivity index (χ1) is 16.8. The van der Waals surface area contributed by atoms with Gasteiger partial charge in [0, 0.05) is 36.7 Å². The van der Waals surface area contributed by atoms with Gasteiger partial charge in [0.15, 0.2) is 0 Å². The van der Waals surface area contributed by atoms with Crippen LogP contribution >= 0.6 is 0 Å². The van der Waals surface area contributed by atoms with Crippen LogP contribution in [0.2, 0.25) is 0 Å². The number of carbonyl (C=O) groups excluding carboxylic acids is 1. The molecule has 2 aliphatic carbocycles. The second kappa shape index (κ2) is 8.29. The van der Waals surface area contributed by atoms with E-state index in [1.54, 1.807) is 4.90 Å². The van der Waals surface area contributed by atoms with Crippen LogP contribution in [0.25, 0.3) is 22.3 Å². The minimum Gasteiger partial charge on any atom is -0.444 e. The topological polar surface area (TPSA) is 99.2 Å². The van der Waals surface area contributed by atoms with Gasteiger partial charge in [-0.3, -0.25) is 9.67 Å². The molecule has 3 aromatic rings. The Kier molecular flexibility index (Phi) is 5.32. The van der Waals surface area contributed by atoms with Crippen LogP contribution < -0.4 is 5.73 Å². The zero-order chi connectivity index (χ0) is 24.3. The fourth-order valence-corrected chi connectivity index (χ4v) is 5.23. The lowest BCUT2D eigenvalue weighted by Crippen LogP contribution is -2.50. The maximum absolute atomic E-state index is 12.3. The predicted octanol–water partition coefficient (Wildman–Crippen LogP) is 4.61. The van der Waals surface area contributed by atoms with Crippen molar-refractivity contribution in [3.05, 3.63) is 41.9 Å². The van der Waals surface area contributed by atoms with E-state index >= 15 is 0 Å². The molecule has 8 heteroatoms. The van der Waals surface area contributed by atoms with Gasteiger partial charge in [-0.05, 0) is 70.5 Å². The van der Waals surface area contributed by atoms with Crippen LogP contribution in [-0.4, -0.2) is 56.0 Å². The summed E-state index contributed by atoms with van der Waals surface area (Å²) in [5.74, 6) is 1.40. The Morgan fingerprint density at radius 1 is 1.17 bits per heavy atom. The van der Waals surface area contributed by atoms with Gasteiger partial charge in [0.1, 0.15) is 5.60 Å². The molecule has 0 unspecified atom stereocenters. The maximum Gasteiger partial charge on any atom is 0.410 e. The molecule has 1 aliphatic heterocycles. The third-order valence-corrected chi connectivity index (χ3v) is 7.49. The van der Waals surface area contributed by atoms with Crippen molar-refractivity contribution in [2.75, 3.05) is 19.6 Å². The zero-order valence-corrected chi connectivity index (χ0v) is 20.8. The monoisotopic (exact) mass is 474 g/mol. The first kappa shape index (κ1) is 22.5. The van der Waals surface area contributed by atoms with Gasteiger partial charge in [0.2, 0.25) is 0 Å². The molecule has 0 atom stereocenters. The molecule has 1 amide bonds. The number of hydrogen-bond donors (Lipinski definition) is 1. The van der Waals surface area contributed by atoms with Gasteiger partial charge in [0.05, 0.1) is 34.7 Å². The van der Waals surface area contributed by atoms with Crippen molar-refractivity contribution in [3.8, 4) is 11.3 Å². The molecule has 3 aliphatic rings. The summed E-state index contributed by atoms with van der Waals surface area (Å²) in [5, 5.41) is 5.00. The Morgan fingerprint density at radius 2 is 1.94 bits per heavy atom. The van der Waals surface area contributed by atoms with Gasteiger partial charge in [-0.2, -0.15) is 5.10 Å². The van der Waals surface area contributed by atoms with E-state index in [-0.39, 0.29) is 12.0 Å². The summed E-state index contributed by atoms with van der Waals surface area (Å²) in [6.45, 7) is 7.71. The number of benzene rings is 1. The third-order valence-electron chi connectivity index (χ3n) is 7.49. The standard InChI is InChI=1S/C27H34N6O2/c1-27(2,3)35-26(34)32-13-18(14-32)20-5-4-6-22-25(20)29-12-23(30-22)21-15-33(19-9-16(10-19)11-28)31-24(21)17-7-8-17/h4-6,12,15-19H,7-11,13-14,28H2,1-3H3. The molecule has 2 saturated carbocycles. The summed E-state index contributed by atoms with van der Waals surface area (Å²) < 4.78 is 7.65. The van der Waals surface area contributed by atoms with Crippen LogP contribution in [0.5, 0.6) is 0 Å². The van der Waals surface area contributed by atoms with Crippen LogP contribution in [0.15, 0.2) is 30.6 Å². The van der Waals surface area contributed by atoms with Crippen molar-refractivity contribution in [1.29, 1.82) is 0 Å². The molecule has 6 rings (SSSR count). The normalized spacial score (nSPS) is 22.7. The van der Waals surface area contributed by atoms with Gasteiger partial charge in [-0.1, -0.05) is 12.1 Å². The van der Waals surface area contributed by atoms with Gasteiger partial charge in [-0.15, -0.1) is 0 Å². The van der Waals surface area contributed by atoms with E-state index in [1.807, 2.05) is 39.1 Å². The number of rotatable bonds is 5. The smallest absolute Gasteiger partial charge is 0.410 e. The average molecular weight is 475 g/mol.